The third-order valence-electron chi connectivity index (χ3n) is 4.73. The van der Waals surface area contributed by atoms with Crippen LogP contribution in [0.15, 0.2) is 93.9 Å². The van der Waals surface area contributed by atoms with Crippen molar-refractivity contribution in [2.45, 2.75) is 0 Å². The van der Waals surface area contributed by atoms with Crippen molar-refractivity contribution < 1.29 is 0 Å². The van der Waals surface area contributed by atoms with Crippen molar-refractivity contribution in [3.8, 4) is 33.4 Å². The van der Waals surface area contributed by atoms with Gasteiger partial charge in [-0.15, -0.1) is 0 Å². The van der Waals surface area contributed by atoms with Gasteiger partial charge in [0.15, 0.2) is 0 Å². The number of halogens is 2. The standard InChI is InChI=1S/C24H18Br2N2/c25-18-7-1-16(2-8-18)23-21(15-5-11-20(27)12-6-15)13-14-22(28)24(23)17-3-9-19(26)10-4-17/h1-14H,27-28H2. The van der Waals surface area contributed by atoms with Gasteiger partial charge in [0.05, 0.1) is 0 Å². The molecular weight excluding hydrogens is 476 g/mol. The molecule has 0 spiro atoms. The van der Waals surface area contributed by atoms with Crippen LogP contribution in [-0.2, 0) is 0 Å². The van der Waals surface area contributed by atoms with E-state index in [-0.39, 0.29) is 0 Å². The van der Waals surface area contributed by atoms with E-state index in [1.54, 1.807) is 0 Å². The topological polar surface area (TPSA) is 52.0 Å². The Kier molecular flexibility index (Phi) is 5.25. The van der Waals surface area contributed by atoms with Crippen LogP contribution in [-0.4, -0.2) is 0 Å². The maximum atomic E-state index is 6.49. The highest BCUT2D eigenvalue weighted by Crippen LogP contribution is 2.43. The molecule has 28 heavy (non-hydrogen) atoms. The fourth-order valence-electron chi connectivity index (χ4n) is 3.37. The third-order valence-corrected chi connectivity index (χ3v) is 5.78. The van der Waals surface area contributed by atoms with Crippen LogP contribution in [0, 0.1) is 0 Å². The zero-order valence-electron chi connectivity index (χ0n) is 15.0. The molecule has 0 radical (unpaired) electrons. The SMILES string of the molecule is Nc1ccc(-c2ccc(N)c(-c3ccc(Br)cc3)c2-c2ccc(Br)cc2)cc1. The van der Waals surface area contributed by atoms with E-state index in [0.29, 0.717) is 0 Å². The van der Waals surface area contributed by atoms with Gasteiger partial charge >= 0.3 is 0 Å². The van der Waals surface area contributed by atoms with Crippen LogP contribution < -0.4 is 11.5 Å². The highest BCUT2D eigenvalue weighted by atomic mass is 79.9. The van der Waals surface area contributed by atoms with E-state index in [0.717, 1.165) is 53.7 Å². The number of rotatable bonds is 3. The summed E-state index contributed by atoms with van der Waals surface area (Å²) in [4.78, 5) is 0. The molecule has 0 aromatic heterocycles. The number of anilines is 2. The smallest absolute Gasteiger partial charge is 0.0400 e. The van der Waals surface area contributed by atoms with E-state index < -0.39 is 0 Å². The molecule has 4 heteroatoms. The number of hydrogen-bond acceptors (Lipinski definition) is 2. The van der Waals surface area contributed by atoms with Crippen molar-refractivity contribution in [2.24, 2.45) is 0 Å². The molecule has 0 bridgehead atoms. The van der Waals surface area contributed by atoms with Crippen molar-refractivity contribution in [1.82, 2.24) is 0 Å². The number of hydrogen-bond donors (Lipinski definition) is 2. The Labute approximate surface area is 181 Å². The van der Waals surface area contributed by atoms with E-state index in [1.165, 1.54) is 0 Å². The van der Waals surface area contributed by atoms with E-state index in [9.17, 15) is 0 Å². The minimum Gasteiger partial charge on any atom is -0.399 e. The Morgan fingerprint density at radius 2 is 0.929 bits per heavy atom. The first-order valence-electron chi connectivity index (χ1n) is 8.83. The molecular formula is C24H18Br2N2. The Bertz CT molecular complexity index is 1120. The van der Waals surface area contributed by atoms with Crippen LogP contribution in [0.25, 0.3) is 33.4 Å². The van der Waals surface area contributed by atoms with Gasteiger partial charge in [-0.2, -0.15) is 0 Å². The molecule has 0 atom stereocenters. The molecule has 0 aliphatic rings. The molecule has 0 saturated carbocycles. The van der Waals surface area contributed by atoms with Crippen LogP contribution in [0.1, 0.15) is 0 Å². The van der Waals surface area contributed by atoms with E-state index in [2.05, 4.69) is 86.5 Å². The normalized spacial score (nSPS) is 10.8. The van der Waals surface area contributed by atoms with Gasteiger partial charge in [0, 0.05) is 25.9 Å². The number of nitrogens with two attached hydrogens (primary N) is 2. The van der Waals surface area contributed by atoms with Crippen molar-refractivity contribution in [3.05, 3.63) is 93.9 Å². The lowest BCUT2D eigenvalue weighted by molar-refractivity contribution is 1.54. The zero-order valence-corrected chi connectivity index (χ0v) is 18.2. The predicted molar refractivity (Wildman–Crippen MR) is 127 cm³/mol. The van der Waals surface area contributed by atoms with Crippen LogP contribution in [0.3, 0.4) is 0 Å². The van der Waals surface area contributed by atoms with Gasteiger partial charge < -0.3 is 11.5 Å². The molecule has 2 nitrogen and oxygen atoms in total. The highest BCUT2D eigenvalue weighted by Gasteiger charge is 2.17. The van der Waals surface area contributed by atoms with Gasteiger partial charge in [-0.05, 0) is 70.3 Å². The van der Waals surface area contributed by atoms with E-state index >= 15 is 0 Å². The molecule has 0 amide bonds. The second-order valence-corrected chi connectivity index (χ2v) is 8.42. The second kappa shape index (κ2) is 7.82. The summed E-state index contributed by atoms with van der Waals surface area (Å²) in [6, 6.07) is 28.6. The monoisotopic (exact) mass is 492 g/mol. The molecule has 0 saturated heterocycles. The Hall–Kier alpha value is -2.56. The number of nitrogen functional groups attached to an aromatic ring is 2. The molecule has 0 unspecified atom stereocenters. The van der Waals surface area contributed by atoms with Crippen molar-refractivity contribution in [3.63, 3.8) is 0 Å². The number of benzene rings is 4. The summed E-state index contributed by atoms with van der Waals surface area (Å²) in [7, 11) is 0. The van der Waals surface area contributed by atoms with Gasteiger partial charge in [-0.3, -0.25) is 0 Å². The van der Waals surface area contributed by atoms with Crippen LogP contribution >= 0.6 is 31.9 Å². The predicted octanol–water partition coefficient (Wildman–Crippen LogP) is 7.38. The second-order valence-electron chi connectivity index (χ2n) is 6.59. The summed E-state index contributed by atoms with van der Waals surface area (Å²) >= 11 is 7.05. The largest absolute Gasteiger partial charge is 0.399 e. The lowest BCUT2D eigenvalue weighted by Crippen LogP contribution is -1.97. The average Bonchev–Trinajstić information content (AvgIpc) is 2.70. The fraction of sp³-hybridized carbons (Fsp3) is 0. The van der Waals surface area contributed by atoms with Crippen molar-refractivity contribution >= 4 is 43.2 Å². The van der Waals surface area contributed by atoms with Gasteiger partial charge in [0.25, 0.3) is 0 Å². The Balaban J connectivity index is 2.04. The maximum Gasteiger partial charge on any atom is 0.0400 e. The van der Waals surface area contributed by atoms with Crippen LogP contribution in [0.2, 0.25) is 0 Å². The molecule has 0 heterocycles. The summed E-state index contributed by atoms with van der Waals surface area (Å²) in [5.74, 6) is 0. The molecule has 0 fully saturated rings. The summed E-state index contributed by atoms with van der Waals surface area (Å²) in [6.45, 7) is 0. The van der Waals surface area contributed by atoms with Crippen LogP contribution in [0.4, 0.5) is 11.4 Å². The lowest BCUT2D eigenvalue weighted by atomic mass is 9.86. The quantitative estimate of drug-likeness (QED) is 0.292. The van der Waals surface area contributed by atoms with Crippen molar-refractivity contribution in [2.75, 3.05) is 11.5 Å². The first-order chi connectivity index (χ1) is 13.5. The summed E-state index contributed by atoms with van der Waals surface area (Å²) in [6.07, 6.45) is 0. The fourth-order valence-corrected chi connectivity index (χ4v) is 3.89. The van der Waals surface area contributed by atoms with Gasteiger partial charge in [0.1, 0.15) is 0 Å². The maximum absolute atomic E-state index is 6.49. The summed E-state index contributed by atoms with van der Waals surface area (Å²) in [5, 5.41) is 0. The molecule has 4 aromatic rings. The van der Waals surface area contributed by atoms with Gasteiger partial charge in [-0.1, -0.05) is 74.3 Å². The lowest BCUT2D eigenvalue weighted by Gasteiger charge is -2.19. The first-order valence-corrected chi connectivity index (χ1v) is 10.4. The molecule has 138 valence electrons. The Morgan fingerprint density at radius 3 is 1.46 bits per heavy atom. The van der Waals surface area contributed by atoms with E-state index in [1.807, 2.05) is 30.3 Å². The van der Waals surface area contributed by atoms with E-state index in [4.69, 9.17) is 11.5 Å². The molecule has 4 N–H and O–H groups in total. The molecule has 0 aliphatic heterocycles. The van der Waals surface area contributed by atoms with Gasteiger partial charge in [-0.25, -0.2) is 0 Å². The minimum absolute atomic E-state index is 0.748. The minimum atomic E-state index is 0.748. The molecule has 0 aliphatic carbocycles. The first kappa shape index (κ1) is 18.8. The third kappa shape index (κ3) is 3.71. The summed E-state index contributed by atoms with van der Waals surface area (Å²) in [5.41, 5.74) is 20.4. The van der Waals surface area contributed by atoms with Crippen LogP contribution in [0.5, 0.6) is 0 Å². The molecule has 4 aromatic carbocycles. The average molecular weight is 494 g/mol. The van der Waals surface area contributed by atoms with Crippen molar-refractivity contribution in [1.29, 1.82) is 0 Å². The van der Waals surface area contributed by atoms with Gasteiger partial charge in [0.2, 0.25) is 0 Å². The summed E-state index contributed by atoms with van der Waals surface area (Å²) < 4.78 is 2.08. The Morgan fingerprint density at radius 1 is 0.464 bits per heavy atom. The molecule has 4 rings (SSSR count). The highest BCUT2D eigenvalue weighted by molar-refractivity contribution is 9.10. The zero-order chi connectivity index (χ0) is 19.7.